The quantitative estimate of drug-likeness (QED) is 0.744. The molecule has 2 aliphatic rings. The van der Waals surface area contributed by atoms with Gasteiger partial charge in [-0.15, -0.1) is 0 Å². The lowest BCUT2D eigenvalue weighted by atomic mass is 9.84. The van der Waals surface area contributed by atoms with Crippen molar-refractivity contribution in [3.05, 3.63) is 26.8 Å². The fourth-order valence-corrected chi connectivity index (χ4v) is 4.10. The van der Waals surface area contributed by atoms with Gasteiger partial charge in [0.1, 0.15) is 5.75 Å². The van der Waals surface area contributed by atoms with Crippen LogP contribution in [0.5, 0.6) is 5.75 Å². The number of halogens is 1. The molecule has 0 saturated carbocycles. The molecule has 0 N–H and O–H groups in total. The normalized spacial score (nSPS) is 26.7. The van der Waals surface area contributed by atoms with Gasteiger partial charge in [-0.25, -0.2) is 0 Å². The highest BCUT2D eigenvalue weighted by atomic mass is 127. The lowest BCUT2D eigenvalue weighted by Crippen LogP contribution is -2.54. The minimum absolute atomic E-state index is 0.349. The largest absolute Gasteiger partial charge is 0.496 e. The van der Waals surface area contributed by atoms with Crippen LogP contribution in [0, 0.1) is 3.57 Å². The van der Waals surface area contributed by atoms with Crippen LogP contribution in [0.1, 0.15) is 18.1 Å². The smallest absolute Gasteiger partial charge is 0.122 e. The molecule has 1 aliphatic carbocycles. The maximum absolute atomic E-state index is 6.01. The minimum atomic E-state index is 0.349. The second-order valence-electron chi connectivity index (χ2n) is 5.22. The molecule has 1 aromatic rings. The number of likely N-dealkylation sites (N-methyl/N-ethyl adjacent to an activating group) is 1. The van der Waals surface area contributed by atoms with Gasteiger partial charge in [-0.05, 0) is 53.3 Å². The van der Waals surface area contributed by atoms with Crippen LogP contribution in [0.4, 0.5) is 0 Å². The third-order valence-corrected chi connectivity index (χ3v) is 5.39. The fourth-order valence-electron chi connectivity index (χ4n) is 3.37. The van der Waals surface area contributed by atoms with Gasteiger partial charge in [0, 0.05) is 28.1 Å². The molecule has 0 bridgehead atoms. The van der Waals surface area contributed by atoms with E-state index in [2.05, 4.69) is 46.5 Å². The van der Waals surface area contributed by atoms with Crippen LogP contribution in [0.3, 0.4) is 0 Å². The molecule has 4 heteroatoms. The van der Waals surface area contributed by atoms with E-state index in [4.69, 9.17) is 9.47 Å². The molecule has 104 valence electrons. The summed E-state index contributed by atoms with van der Waals surface area (Å²) in [4.78, 5) is 2.55. The fraction of sp³-hybridized carbons (Fsp3) is 0.600. The Balaban J connectivity index is 1.99. The van der Waals surface area contributed by atoms with Crippen molar-refractivity contribution in [1.82, 2.24) is 4.90 Å². The summed E-state index contributed by atoms with van der Waals surface area (Å²) in [5, 5.41) is 0. The summed E-state index contributed by atoms with van der Waals surface area (Å²) in [6, 6.07) is 4.76. The average Bonchev–Trinajstić information content (AvgIpc) is 2.45. The van der Waals surface area contributed by atoms with E-state index < -0.39 is 0 Å². The summed E-state index contributed by atoms with van der Waals surface area (Å²) in [6.45, 7) is 5.26. The first kappa shape index (κ1) is 13.6. The first-order valence-electron chi connectivity index (χ1n) is 6.94. The molecular weight excluding hydrogens is 353 g/mol. The van der Waals surface area contributed by atoms with Crippen molar-refractivity contribution in [2.75, 3.05) is 26.8 Å². The molecule has 0 unspecified atom stereocenters. The molecule has 3 nitrogen and oxygen atoms in total. The summed E-state index contributed by atoms with van der Waals surface area (Å²) < 4.78 is 12.9. The molecule has 1 saturated heterocycles. The molecule has 3 rings (SSSR count). The first-order chi connectivity index (χ1) is 9.24. The van der Waals surface area contributed by atoms with Gasteiger partial charge in [0.05, 0.1) is 19.8 Å². The predicted octanol–water partition coefficient (Wildman–Crippen LogP) is 2.49. The molecule has 0 amide bonds. The molecule has 19 heavy (non-hydrogen) atoms. The van der Waals surface area contributed by atoms with E-state index in [0.29, 0.717) is 12.1 Å². The van der Waals surface area contributed by atoms with Crippen molar-refractivity contribution < 1.29 is 9.47 Å². The third kappa shape index (κ3) is 2.38. The van der Waals surface area contributed by atoms with Gasteiger partial charge in [0.2, 0.25) is 0 Å². The molecule has 1 aliphatic heterocycles. The predicted molar refractivity (Wildman–Crippen MR) is 83.9 cm³/mol. The van der Waals surface area contributed by atoms with Gasteiger partial charge in [-0.2, -0.15) is 0 Å². The highest BCUT2D eigenvalue weighted by Crippen LogP contribution is 2.36. The molecule has 0 radical (unpaired) electrons. The van der Waals surface area contributed by atoms with E-state index in [1.807, 2.05) is 0 Å². The number of morpholine rings is 1. The summed E-state index contributed by atoms with van der Waals surface area (Å²) in [5.41, 5.74) is 2.82. The van der Waals surface area contributed by atoms with Crippen LogP contribution in [0.15, 0.2) is 12.1 Å². The Labute approximate surface area is 128 Å². The van der Waals surface area contributed by atoms with E-state index in [1.54, 1.807) is 7.11 Å². The average molecular weight is 373 g/mol. The Morgan fingerprint density at radius 3 is 2.95 bits per heavy atom. The molecular formula is C15H20INO2. The number of rotatable bonds is 2. The third-order valence-electron chi connectivity index (χ3n) is 4.38. The Bertz CT molecular complexity index is 477. The maximum Gasteiger partial charge on any atom is 0.122 e. The Kier molecular flexibility index (Phi) is 4.01. The zero-order valence-electron chi connectivity index (χ0n) is 11.5. The monoisotopic (exact) mass is 373 g/mol. The van der Waals surface area contributed by atoms with Crippen molar-refractivity contribution in [2.45, 2.75) is 31.9 Å². The Morgan fingerprint density at radius 1 is 1.37 bits per heavy atom. The lowest BCUT2D eigenvalue weighted by Gasteiger charge is -2.44. The zero-order chi connectivity index (χ0) is 13.4. The topological polar surface area (TPSA) is 21.7 Å². The van der Waals surface area contributed by atoms with Crippen molar-refractivity contribution in [3.8, 4) is 5.75 Å². The van der Waals surface area contributed by atoms with Crippen molar-refractivity contribution >= 4 is 22.6 Å². The van der Waals surface area contributed by atoms with Crippen molar-refractivity contribution in [2.24, 2.45) is 0 Å². The number of fused-ring (bicyclic) bond motifs is 2. The summed E-state index contributed by atoms with van der Waals surface area (Å²) in [5.74, 6) is 1.04. The number of benzene rings is 1. The second-order valence-corrected chi connectivity index (χ2v) is 6.38. The van der Waals surface area contributed by atoms with Gasteiger partial charge in [-0.1, -0.05) is 6.92 Å². The van der Waals surface area contributed by atoms with Gasteiger partial charge in [0.15, 0.2) is 0 Å². The first-order valence-corrected chi connectivity index (χ1v) is 8.02. The number of nitrogens with zero attached hydrogens (tertiary/aromatic N) is 1. The Hall–Kier alpha value is -0.330. The molecule has 1 fully saturated rings. The second kappa shape index (κ2) is 5.58. The van der Waals surface area contributed by atoms with Crippen molar-refractivity contribution in [3.63, 3.8) is 0 Å². The zero-order valence-corrected chi connectivity index (χ0v) is 13.6. The highest BCUT2D eigenvalue weighted by molar-refractivity contribution is 14.1. The number of hydrogen-bond acceptors (Lipinski definition) is 3. The Morgan fingerprint density at radius 2 is 2.21 bits per heavy atom. The molecule has 1 aromatic carbocycles. The number of hydrogen-bond donors (Lipinski definition) is 0. The van der Waals surface area contributed by atoms with Crippen LogP contribution in [-0.4, -0.2) is 43.9 Å². The van der Waals surface area contributed by atoms with Gasteiger partial charge >= 0.3 is 0 Å². The van der Waals surface area contributed by atoms with E-state index in [0.717, 1.165) is 38.3 Å². The van der Waals surface area contributed by atoms with Crippen LogP contribution >= 0.6 is 22.6 Å². The summed E-state index contributed by atoms with van der Waals surface area (Å²) >= 11 is 2.43. The van der Waals surface area contributed by atoms with Crippen LogP contribution in [0.2, 0.25) is 0 Å². The van der Waals surface area contributed by atoms with Crippen LogP contribution < -0.4 is 4.74 Å². The highest BCUT2D eigenvalue weighted by Gasteiger charge is 2.37. The molecule has 1 heterocycles. The van der Waals surface area contributed by atoms with E-state index in [1.165, 1.54) is 14.7 Å². The maximum atomic E-state index is 6.01. The van der Waals surface area contributed by atoms with Crippen LogP contribution in [0.25, 0.3) is 0 Å². The van der Waals surface area contributed by atoms with E-state index in [9.17, 15) is 0 Å². The minimum Gasteiger partial charge on any atom is -0.496 e. The van der Waals surface area contributed by atoms with Gasteiger partial charge < -0.3 is 9.47 Å². The van der Waals surface area contributed by atoms with Gasteiger partial charge in [-0.3, -0.25) is 4.90 Å². The lowest BCUT2D eigenvalue weighted by molar-refractivity contribution is -0.0724. The SMILES string of the molecule is CCN1CCO[C@@H]2Cc3c(I)ccc(OC)c3C[C@H]21. The number of ether oxygens (including phenoxy) is 2. The van der Waals surface area contributed by atoms with Crippen molar-refractivity contribution in [1.29, 1.82) is 0 Å². The number of methoxy groups -OCH3 is 1. The van der Waals surface area contributed by atoms with E-state index >= 15 is 0 Å². The van der Waals surface area contributed by atoms with Gasteiger partial charge in [0.25, 0.3) is 0 Å². The molecule has 0 aromatic heterocycles. The van der Waals surface area contributed by atoms with E-state index in [-0.39, 0.29) is 0 Å². The van der Waals surface area contributed by atoms with Crippen LogP contribution in [-0.2, 0) is 17.6 Å². The standard InChI is InChI=1S/C15H20INO2/c1-3-17-6-7-19-15-9-10-11(8-13(15)17)14(18-2)5-4-12(10)16/h4-5,13,15H,3,6-9H2,1-2H3/t13-,15-/m1/s1. The molecule has 2 atom stereocenters. The molecule has 0 spiro atoms. The summed E-state index contributed by atoms with van der Waals surface area (Å²) in [7, 11) is 1.77. The summed E-state index contributed by atoms with van der Waals surface area (Å²) in [6.07, 6.45) is 2.42.